The normalized spacial score (nSPS) is 17.0. The highest BCUT2D eigenvalue weighted by Gasteiger charge is 2.28. The lowest BCUT2D eigenvalue weighted by Crippen LogP contribution is -2.26. The van der Waals surface area contributed by atoms with Gasteiger partial charge in [-0.1, -0.05) is 38.8 Å². The van der Waals surface area contributed by atoms with E-state index in [1.807, 2.05) is 6.92 Å². The summed E-state index contributed by atoms with van der Waals surface area (Å²) in [7, 11) is -4.07. The molecule has 0 heterocycles. The Morgan fingerprint density at radius 3 is 2.31 bits per heavy atom. The van der Waals surface area contributed by atoms with Crippen LogP contribution in [0.1, 0.15) is 6.92 Å². The van der Waals surface area contributed by atoms with Crippen molar-refractivity contribution >= 4 is 51.5 Å². The van der Waals surface area contributed by atoms with Crippen molar-refractivity contribution < 1.29 is 18.1 Å². The van der Waals surface area contributed by atoms with Gasteiger partial charge in [-0.05, 0) is 0 Å². The van der Waals surface area contributed by atoms with E-state index in [1.165, 1.54) is 0 Å². The smallest absolute Gasteiger partial charge is 0.302 e. The van der Waals surface area contributed by atoms with Crippen LogP contribution >= 0.6 is 51.5 Å². The lowest BCUT2D eigenvalue weighted by Gasteiger charge is -2.24. The van der Waals surface area contributed by atoms with Crippen LogP contribution in [-0.4, -0.2) is 22.2 Å². The van der Waals surface area contributed by atoms with Crippen molar-refractivity contribution in [2.75, 3.05) is 17.3 Å². The molecule has 0 saturated carbocycles. The van der Waals surface area contributed by atoms with Gasteiger partial charge in [0.25, 0.3) is 0 Å². The average Bonchev–Trinajstić information content (AvgIpc) is 2.14. The molecule has 1 atom stereocenters. The summed E-state index contributed by atoms with van der Waals surface area (Å²) in [5, 5.41) is 1.26. The Hall–Kier alpha value is 1.36. The predicted molar refractivity (Wildman–Crippen MR) is 58.4 cm³/mol. The first-order valence-corrected chi connectivity index (χ1v) is 7.33. The molecule has 0 amide bonds. The molecule has 0 fully saturated rings. The molecule has 13 heavy (non-hydrogen) atoms. The van der Waals surface area contributed by atoms with Gasteiger partial charge in [0.05, 0.1) is 18.5 Å². The quantitative estimate of drug-likeness (QED) is 0.584. The van der Waals surface area contributed by atoms with E-state index in [0.717, 1.165) is 0 Å². The van der Waals surface area contributed by atoms with E-state index in [-0.39, 0.29) is 12.0 Å². The van der Waals surface area contributed by atoms with E-state index in [9.17, 15) is 4.57 Å². The Balaban J connectivity index is 4.07. The minimum absolute atomic E-state index is 0.0734. The maximum Gasteiger partial charge on any atom is 0.488 e. The SMILES string of the molecule is CC(CBr)(CBr)COP(=O)(O)OCl. The van der Waals surface area contributed by atoms with Crippen LogP contribution in [0.2, 0.25) is 0 Å². The molecule has 0 aromatic rings. The second-order valence-corrected chi connectivity index (χ2v) is 5.76. The van der Waals surface area contributed by atoms with E-state index in [4.69, 9.17) is 16.8 Å². The van der Waals surface area contributed by atoms with Gasteiger partial charge in [0.1, 0.15) is 0 Å². The highest BCUT2D eigenvalue weighted by molar-refractivity contribution is 9.09. The van der Waals surface area contributed by atoms with Crippen LogP contribution in [0.4, 0.5) is 0 Å². The van der Waals surface area contributed by atoms with Crippen molar-refractivity contribution in [3.8, 4) is 0 Å². The summed E-state index contributed by atoms with van der Waals surface area (Å²) in [5.41, 5.74) is -0.270. The van der Waals surface area contributed by atoms with Crippen LogP contribution in [0.5, 0.6) is 0 Å². The second kappa shape index (κ2) is 6.05. The minimum Gasteiger partial charge on any atom is -0.302 e. The summed E-state index contributed by atoms with van der Waals surface area (Å²) in [6.07, 6.45) is 0. The second-order valence-electron chi connectivity index (χ2n) is 2.89. The number of hydrogen-bond acceptors (Lipinski definition) is 3. The number of hydrogen-bond donors (Lipinski definition) is 1. The molecule has 1 unspecified atom stereocenters. The minimum atomic E-state index is -4.07. The molecular weight excluding hydrogens is 350 g/mol. The molecule has 0 radical (unpaired) electrons. The summed E-state index contributed by atoms with van der Waals surface area (Å²) >= 11 is 11.3. The van der Waals surface area contributed by atoms with Gasteiger partial charge in [-0.2, -0.15) is 4.08 Å². The molecule has 80 valence electrons. The van der Waals surface area contributed by atoms with Crippen molar-refractivity contribution in [2.45, 2.75) is 6.92 Å². The molecule has 0 aliphatic carbocycles. The van der Waals surface area contributed by atoms with E-state index >= 15 is 0 Å². The first-order chi connectivity index (χ1) is 5.89. The van der Waals surface area contributed by atoms with Crippen LogP contribution in [0.25, 0.3) is 0 Å². The maximum atomic E-state index is 10.8. The summed E-state index contributed by atoms with van der Waals surface area (Å²) < 4.78 is 19.2. The molecule has 0 aromatic carbocycles. The molecule has 8 heteroatoms. The van der Waals surface area contributed by atoms with Crippen molar-refractivity contribution in [2.24, 2.45) is 5.41 Å². The molecule has 1 N–H and O–H groups in total. The van der Waals surface area contributed by atoms with Crippen molar-refractivity contribution in [3.05, 3.63) is 0 Å². The Kier molecular flexibility index (Phi) is 6.69. The molecular formula is C5H10Br2ClO4P. The lowest BCUT2D eigenvalue weighted by atomic mass is 9.99. The Morgan fingerprint density at radius 1 is 1.54 bits per heavy atom. The number of phosphoric ester groups is 1. The van der Waals surface area contributed by atoms with E-state index in [1.54, 1.807) is 0 Å². The third-order valence-electron chi connectivity index (χ3n) is 1.31. The Labute approximate surface area is 99.0 Å². The Bertz CT molecular complexity index is 199. The number of halogens is 3. The summed E-state index contributed by atoms with van der Waals surface area (Å²) in [6.45, 7) is 1.95. The van der Waals surface area contributed by atoms with Gasteiger partial charge in [0.2, 0.25) is 0 Å². The standard InChI is InChI=1S/C5H10Br2ClO4P/c1-5(2-6,3-7)4-11-13(9,10)12-8/h2-4H2,1H3,(H,9,10). The molecule has 0 aliphatic rings. The molecule has 0 saturated heterocycles. The van der Waals surface area contributed by atoms with Crippen LogP contribution in [0, 0.1) is 5.41 Å². The fourth-order valence-electron chi connectivity index (χ4n) is 0.370. The highest BCUT2D eigenvalue weighted by atomic mass is 79.9. The third kappa shape index (κ3) is 5.72. The van der Waals surface area contributed by atoms with E-state index in [2.05, 4.69) is 40.5 Å². The average molecular weight is 360 g/mol. The van der Waals surface area contributed by atoms with Crippen LogP contribution in [-0.2, 0) is 13.2 Å². The van der Waals surface area contributed by atoms with Gasteiger partial charge >= 0.3 is 7.82 Å². The van der Waals surface area contributed by atoms with Crippen molar-refractivity contribution in [1.82, 2.24) is 0 Å². The zero-order valence-corrected chi connectivity index (χ0v) is 11.7. The predicted octanol–water partition coefficient (Wildman–Crippen LogP) is 3.07. The lowest BCUT2D eigenvalue weighted by molar-refractivity contribution is 0.152. The molecule has 0 spiro atoms. The molecule has 0 bridgehead atoms. The van der Waals surface area contributed by atoms with Gasteiger partial charge in [-0.25, -0.2) is 4.57 Å². The monoisotopic (exact) mass is 358 g/mol. The van der Waals surface area contributed by atoms with Gasteiger partial charge in [-0.3, -0.25) is 4.52 Å². The number of rotatable bonds is 6. The third-order valence-corrected chi connectivity index (χ3v) is 5.17. The summed E-state index contributed by atoms with van der Waals surface area (Å²) in [6, 6.07) is 0. The Morgan fingerprint density at radius 2 is 2.00 bits per heavy atom. The van der Waals surface area contributed by atoms with E-state index < -0.39 is 7.82 Å². The zero-order chi connectivity index (χ0) is 10.5. The fraction of sp³-hybridized carbons (Fsp3) is 1.00. The molecule has 4 nitrogen and oxygen atoms in total. The van der Waals surface area contributed by atoms with Gasteiger partial charge in [0.15, 0.2) is 0 Å². The summed E-state index contributed by atoms with van der Waals surface area (Å²) in [4.78, 5) is 8.83. The molecule has 0 aromatic heterocycles. The van der Waals surface area contributed by atoms with Crippen molar-refractivity contribution in [1.29, 1.82) is 0 Å². The molecule has 0 rings (SSSR count). The van der Waals surface area contributed by atoms with Crippen LogP contribution < -0.4 is 0 Å². The summed E-state index contributed by atoms with van der Waals surface area (Å²) in [5.74, 6) is 0. The van der Waals surface area contributed by atoms with Crippen molar-refractivity contribution in [3.63, 3.8) is 0 Å². The van der Waals surface area contributed by atoms with Crippen LogP contribution in [0.3, 0.4) is 0 Å². The van der Waals surface area contributed by atoms with E-state index in [0.29, 0.717) is 10.7 Å². The first kappa shape index (κ1) is 14.4. The number of alkyl halides is 2. The zero-order valence-electron chi connectivity index (χ0n) is 6.87. The maximum absolute atomic E-state index is 10.8. The van der Waals surface area contributed by atoms with Gasteiger partial charge < -0.3 is 4.89 Å². The fourth-order valence-corrected chi connectivity index (χ4v) is 2.26. The van der Waals surface area contributed by atoms with Gasteiger partial charge in [-0.15, -0.1) is 0 Å². The topological polar surface area (TPSA) is 55.8 Å². The van der Waals surface area contributed by atoms with Gasteiger partial charge in [0, 0.05) is 16.1 Å². The number of phosphoric acid groups is 1. The largest absolute Gasteiger partial charge is 0.488 e. The molecule has 0 aliphatic heterocycles. The van der Waals surface area contributed by atoms with Crippen LogP contribution in [0.15, 0.2) is 0 Å². The first-order valence-electron chi connectivity index (χ1n) is 3.29. The highest BCUT2D eigenvalue weighted by Crippen LogP contribution is 2.46.